The molecule has 118 valence electrons. The second-order valence-corrected chi connectivity index (χ2v) is 7.66. The molecule has 1 saturated heterocycles. The molecule has 7 heteroatoms. The van der Waals surface area contributed by atoms with Gasteiger partial charge in [0.05, 0.1) is 6.26 Å². The summed E-state index contributed by atoms with van der Waals surface area (Å²) in [6.07, 6.45) is 3.55. The molecule has 1 rings (SSSR count). The average Bonchev–Trinajstić information content (AvgIpc) is 2.37. The SMILES string of the molecule is CCN(CCCNC(=O)C1(C)CCNCC1)S(C)(=O)=O. The Morgan fingerprint density at radius 3 is 2.45 bits per heavy atom. The highest BCUT2D eigenvalue weighted by atomic mass is 32.2. The maximum absolute atomic E-state index is 12.2. The Kier molecular flexibility index (Phi) is 6.42. The summed E-state index contributed by atoms with van der Waals surface area (Å²) in [5.41, 5.74) is -0.285. The van der Waals surface area contributed by atoms with Gasteiger partial charge < -0.3 is 10.6 Å². The Labute approximate surface area is 122 Å². The summed E-state index contributed by atoms with van der Waals surface area (Å²) < 4.78 is 24.3. The third-order valence-corrected chi connectivity index (χ3v) is 5.33. The molecule has 1 fully saturated rings. The maximum atomic E-state index is 12.2. The normalized spacial score (nSPS) is 19.0. The first-order valence-electron chi connectivity index (χ1n) is 7.24. The Balaban J connectivity index is 2.32. The molecule has 1 amide bonds. The highest BCUT2D eigenvalue weighted by Crippen LogP contribution is 2.27. The number of hydrogen-bond donors (Lipinski definition) is 2. The van der Waals surface area contributed by atoms with Gasteiger partial charge in [-0.1, -0.05) is 13.8 Å². The van der Waals surface area contributed by atoms with Crippen LogP contribution in [0.25, 0.3) is 0 Å². The van der Waals surface area contributed by atoms with Crippen molar-refractivity contribution in [2.45, 2.75) is 33.1 Å². The van der Waals surface area contributed by atoms with Gasteiger partial charge in [0.15, 0.2) is 0 Å². The zero-order valence-corrected chi connectivity index (χ0v) is 13.6. The second kappa shape index (κ2) is 7.38. The number of nitrogens with one attached hydrogen (secondary N) is 2. The molecule has 1 aliphatic heterocycles. The minimum absolute atomic E-state index is 0.0846. The van der Waals surface area contributed by atoms with Crippen molar-refractivity contribution in [1.82, 2.24) is 14.9 Å². The number of rotatable bonds is 7. The first-order chi connectivity index (χ1) is 9.29. The zero-order valence-electron chi connectivity index (χ0n) is 12.7. The number of hydrogen-bond acceptors (Lipinski definition) is 4. The van der Waals surface area contributed by atoms with E-state index >= 15 is 0 Å². The van der Waals surface area contributed by atoms with Crippen molar-refractivity contribution in [3.8, 4) is 0 Å². The van der Waals surface area contributed by atoms with E-state index in [0.717, 1.165) is 25.9 Å². The minimum atomic E-state index is -3.14. The van der Waals surface area contributed by atoms with E-state index in [0.29, 0.717) is 26.1 Å². The predicted molar refractivity (Wildman–Crippen MR) is 79.9 cm³/mol. The summed E-state index contributed by atoms with van der Waals surface area (Å²) in [6.45, 7) is 7.01. The van der Waals surface area contributed by atoms with E-state index in [4.69, 9.17) is 0 Å². The predicted octanol–water partition coefficient (Wildman–Crippen LogP) is 0.164. The largest absolute Gasteiger partial charge is 0.356 e. The van der Waals surface area contributed by atoms with Gasteiger partial charge in [-0.25, -0.2) is 12.7 Å². The molecule has 0 atom stereocenters. The topological polar surface area (TPSA) is 78.5 Å². The molecule has 2 N–H and O–H groups in total. The molecule has 0 aliphatic carbocycles. The quantitative estimate of drug-likeness (QED) is 0.657. The molecule has 0 bridgehead atoms. The summed E-state index contributed by atoms with van der Waals surface area (Å²) in [5, 5.41) is 6.18. The fourth-order valence-corrected chi connectivity index (χ4v) is 3.36. The van der Waals surface area contributed by atoms with Crippen LogP contribution in [0, 0.1) is 5.41 Å². The zero-order chi connectivity index (χ0) is 15.2. The third kappa shape index (κ3) is 5.03. The van der Waals surface area contributed by atoms with Crippen LogP contribution < -0.4 is 10.6 Å². The number of carbonyl (C=O) groups excluding carboxylic acids is 1. The van der Waals surface area contributed by atoms with Crippen molar-refractivity contribution in [3.05, 3.63) is 0 Å². The standard InChI is InChI=1S/C13H27N3O3S/c1-4-16(20(3,18)19)11-5-8-15-12(17)13(2)6-9-14-10-7-13/h14H,4-11H2,1-3H3,(H,15,17). The maximum Gasteiger partial charge on any atom is 0.226 e. The summed E-state index contributed by atoms with van der Waals surface area (Å²) >= 11 is 0. The number of amides is 1. The second-order valence-electron chi connectivity index (χ2n) is 5.67. The number of piperidine rings is 1. The molecule has 0 aromatic carbocycles. The minimum Gasteiger partial charge on any atom is -0.356 e. The molecular weight excluding hydrogens is 278 g/mol. The molecule has 0 aromatic rings. The highest BCUT2D eigenvalue weighted by molar-refractivity contribution is 7.88. The van der Waals surface area contributed by atoms with Crippen LogP contribution in [-0.4, -0.2) is 57.6 Å². The lowest BCUT2D eigenvalue weighted by Crippen LogP contribution is -2.46. The average molecular weight is 305 g/mol. The van der Waals surface area contributed by atoms with Gasteiger partial charge >= 0.3 is 0 Å². The van der Waals surface area contributed by atoms with Crippen LogP contribution in [0.3, 0.4) is 0 Å². The monoisotopic (exact) mass is 305 g/mol. The third-order valence-electron chi connectivity index (χ3n) is 3.95. The molecular formula is C13H27N3O3S. The van der Waals surface area contributed by atoms with Crippen molar-refractivity contribution in [1.29, 1.82) is 0 Å². The Hall–Kier alpha value is -0.660. The van der Waals surface area contributed by atoms with E-state index in [1.165, 1.54) is 10.6 Å². The van der Waals surface area contributed by atoms with Crippen molar-refractivity contribution < 1.29 is 13.2 Å². The molecule has 0 aromatic heterocycles. The molecule has 1 heterocycles. The number of sulfonamides is 1. The van der Waals surface area contributed by atoms with Crippen molar-refractivity contribution in [2.24, 2.45) is 5.41 Å². The molecule has 0 saturated carbocycles. The van der Waals surface area contributed by atoms with Gasteiger partial charge in [-0.3, -0.25) is 4.79 Å². The molecule has 0 unspecified atom stereocenters. The van der Waals surface area contributed by atoms with Crippen molar-refractivity contribution in [2.75, 3.05) is 39.0 Å². The van der Waals surface area contributed by atoms with E-state index in [2.05, 4.69) is 10.6 Å². The highest BCUT2D eigenvalue weighted by Gasteiger charge is 2.34. The van der Waals surface area contributed by atoms with Crippen LogP contribution in [0.5, 0.6) is 0 Å². The summed E-state index contributed by atoms with van der Waals surface area (Å²) in [4.78, 5) is 12.2. The van der Waals surface area contributed by atoms with Crippen LogP contribution in [0.4, 0.5) is 0 Å². The fourth-order valence-electron chi connectivity index (χ4n) is 2.43. The molecule has 20 heavy (non-hydrogen) atoms. The van der Waals surface area contributed by atoms with Crippen molar-refractivity contribution in [3.63, 3.8) is 0 Å². The molecule has 1 aliphatic rings. The summed E-state index contributed by atoms with van der Waals surface area (Å²) in [6, 6.07) is 0. The van der Waals surface area contributed by atoms with Crippen molar-refractivity contribution >= 4 is 15.9 Å². The number of nitrogens with zero attached hydrogens (tertiary/aromatic N) is 1. The van der Waals surface area contributed by atoms with E-state index in [9.17, 15) is 13.2 Å². The summed E-state index contributed by atoms with van der Waals surface area (Å²) in [7, 11) is -3.14. The fraction of sp³-hybridized carbons (Fsp3) is 0.923. The molecule has 6 nitrogen and oxygen atoms in total. The van der Waals surface area contributed by atoms with Crippen LogP contribution in [-0.2, 0) is 14.8 Å². The van der Waals surface area contributed by atoms with Crippen LogP contribution in [0.1, 0.15) is 33.1 Å². The molecule has 0 radical (unpaired) electrons. The Morgan fingerprint density at radius 1 is 1.35 bits per heavy atom. The lowest BCUT2D eigenvalue weighted by atomic mass is 9.80. The van der Waals surface area contributed by atoms with E-state index in [1.807, 2.05) is 13.8 Å². The van der Waals surface area contributed by atoms with Crippen LogP contribution >= 0.6 is 0 Å². The van der Waals surface area contributed by atoms with Crippen LogP contribution in [0.15, 0.2) is 0 Å². The van der Waals surface area contributed by atoms with Gasteiger partial charge in [0.2, 0.25) is 15.9 Å². The number of carbonyl (C=O) groups is 1. The lowest BCUT2D eigenvalue weighted by molar-refractivity contribution is -0.131. The Bertz CT molecular complexity index is 417. The van der Waals surface area contributed by atoms with E-state index < -0.39 is 10.0 Å². The van der Waals surface area contributed by atoms with E-state index in [1.54, 1.807) is 0 Å². The van der Waals surface area contributed by atoms with Crippen LogP contribution in [0.2, 0.25) is 0 Å². The van der Waals surface area contributed by atoms with Gasteiger partial charge in [0.25, 0.3) is 0 Å². The van der Waals surface area contributed by atoms with Gasteiger partial charge in [-0.2, -0.15) is 0 Å². The van der Waals surface area contributed by atoms with Gasteiger partial charge in [-0.05, 0) is 32.4 Å². The lowest BCUT2D eigenvalue weighted by Gasteiger charge is -2.32. The first kappa shape index (κ1) is 17.4. The first-order valence-corrected chi connectivity index (χ1v) is 9.08. The summed E-state index contributed by atoms with van der Waals surface area (Å²) in [5.74, 6) is 0.0846. The van der Waals surface area contributed by atoms with E-state index in [-0.39, 0.29) is 11.3 Å². The van der Waals surface area contributed by atoms with Gasteiger partial charge in [-0.15, -0.1) is 0 Å². The Morgan fingerprint density at radius 2 is 1.95 bits per heavy atom. The smallest absolute Gasteiger partial charge is 0.226 e. The van der Waals surface area contributed by atoms with Gasteiger partial charge in [0.1, 0.15) is 0 Å². The molecule has 0 spiro atoms. The van der Waals surface area contributed by atoms with Gasteiger partial charge in [0, 0.05) is 25.0 Å².